The molecule has 0 amide bonds. The Morgan fingerprint density at radius 3 is 2.94 bits per heavy atom. The van der Waals surface area contributed by atoms with Crippen LogP contribution < -0.4 is 10.5 Å². The fraction of sp³-hybridized carbons (Fsp3) is 0.455. The van der Waals surface area contributed by atoms with Crippen molar-refractivity contribution in [1.82, 2.24) is 9.97 Å². The van der Waals surface area contributed by atoms with Gasteiger partial charge in [0.2, 0.25) is 5.88 Å². The lowest BCUT2D eigenvalue weighted by Crippen LogP contribution is -2.05. The third kappa shape index (κ3) is 4.27. The van der Waals surface area contributed by atoms with Crippen molar-refractivity contribution in [2.45, 2.75) is 20.5 Å². The Bertz CT molecular complexity index is 353. The van der Waals surface area contributed by atoms with E-state index >= 15 is 0 Å². The van der Waals surface area contributed by atoms with Gasteiger partial charge in [-0.25, -0.2) is 4.98 Å². The molecular formula is C11H17N3O2. The van der Waals surface area contributed by atoms with Gasteiger partial charge in [-0.05, 0) is 13.8 Å². The first-order valence-electron chi connectivity index (χ1n) is 5.21. The van der Waals surface area contributed by atoms with Gasteiger partial charge >= 0.3 is 0 Å². The van der Waals surface area contributed by atoms with Crippen molar-refractivity contribution in [1.29, 1.82) is 0 Å². The lowest BCUT2D eigenvalue weighted by Gasteiger charge is -2.06. The monoisotopic (exact) mass is 223 g/mol. The standard InChI is InChI=1S/C11H17N3O2/c1-3-5-6-16-11-7-9(12)13-10(14-11)8-15-4-2/h3,5,7H,4,6,8H2,1-2H3,(H2,12,13,14)/b5-3+. The van der Waals surface area contributed by atoms with E-state index in [1.807, 2.05) is 26.0 Å². The summed E-state index contributed by atoms with van der Waals surface area (Å²) in [6.45, 7) is 5.28. The third-order valence-corrected chi connectivity index (χ3v) is 1.77. The van der Waals surface area contributed by atoms with Gasteiger partial charge in [-0.1, -0.05) is 12.2 Å². The molecule has 1 rings (SSSR count). The van der Waals surface area contributed by atoms with Crippen LogP contribution in [0.15, 0.2) is 18.2 Å². The number of nitrogen functional groups attached to an aromatic ring is 1. The molecule has 0 saturated heterocycles. The van der Waals surface area contributed by atoms with Crippen molar-refractivity contribution in [2.24, 2.45) is 0 Å². The first-order chi connectivity index (χ1) is 7.76. The number of anilines is 1. The number of rotatable bonds is 6. The smallest absolute Gasteiger partial charge is 0.219 e. The van der Waals surface area contributed by atoms with Gasteiger partial charge in [0.05, 0.1) is 0 Å². The maximum Gasteiger partial charge on any atom is 0.219 e. The van der Waals surface area contributed by atoms with Gasteiger partial charge in [0.1, 0.15) is 19.0 Å². The van der Waals surface area contributed by atoms with Gasteiger partial charge < -0.3 is 15.2 Å². The number of ether oxygens (including phenoxy) is 2. The summed E-state index contributed by atoms with van der Waals surface area (Å²) in [6.07, 6.45) is 3.80. The van der Waals surface area contributed by atoms with E-state index in [-0.39, 0.29) is 0 Å². The highest BCUT2D eigenvalue weighted by Crippen LogP contribution is 2.11. The minimum atomic E-state index is 0.349. The zero-order valence-corrected chi connectivity index (χ0v) is 9.64. The van der Waals surface area contributed by atoms with E-state index < -0.39 is 0 Å². The molecule has 0 aromatic carbocycles. The molecule has 0 radical (unpaired) electrons. The Kier molecular flexibility index (Phi) is 5.28. The van der Waals surface area contributed by atoms with Crippen molar-refractivity contribution in [3.63, 3.8) is 0 Å². The number of hydrogen-bond acceptors (Lipinski definition) is 5. The van der Waals surface area contributed by atoms with Gasteiger partial charge in [-0.3, -0.25) is 0 Å². The molecule has 0 atom stereocenters. The van der Waals surface area contributed by atoms with Crippen LogP contribution in [0.3, 0.4) is 0 Å². The maximum absolute atomic E-state index is 5.63. The van der Waals surface area contributed by atoms with Crippen molar-refractivity contribution in [2.75, 3.05) is 18.9 Å². The Labute approximate surface area is 95.3 Å². The van der Waals surface area contributed by atoms with Crippen LogP contribution in [0.2, 0.25) is 0 Å². The van der Waals surface area contributed by atoms with Crippen LogP contribution in [0.4, 0.5) is 5.82 Å². The third-order valence-electron chi connectivity index (χ3n) is 1.77. The van der Waals surface area contributed by atoms with Crippen LogP contribution in [0.1, 0.15) is 19.7 Å². The molecule has 0 unspecified atom stereocenters. The molecule has 88 valence electrons. The maximum atomic E-state index is 5.63. The van der Waals surface area contributed by atoms with Crippen LogP contribution in [0.25, 0.3) is 0 Å². The summed E-state index contributed by atoms with van der Waals surface area (Å²) in [5, 5.41) is 0. The minimum Gasteiger partial charge on any atom is -0.473 e. The van der Waals surface area contributed by atoms with E-state index in [1.165, 1.54) is 0 Å². The number of allylic oxidation sites excluding steroid dienone is 1. The van der Waals surface area contributed by atoms with Crippen molar-refractivity contribution < 1.29 is 9.47 Å². The number of hydrogen-bond donors (Lipinski definition) is 1. The molecule has 0 aliphatic rings. The normalized spacial score (nSPS) is 10.9. The summed E-state index contributed by atoms with van der Waals surface area (Å²) in [6, 6.07) is 1.60. The molecule has 1 heterocycles. The second-order valence-corrected chi connectivity index (χ2v) is 3.06. The molecule has 0 aliphatic carbocycles. The van der Waals surface area contributed by atoms with Crippen molar-refractivity contribution >= 4 is 5.82 Å². The average Bonchev–Trinajstić information content (AvgIpc) is 2.26. The molecule has 1 aromatic rings. The highest BCUT2D eigenvalue weighted by Gasteiger charge is 2.03. The molecule has 1 aromatic heterocycles. The second-order valence-electron chi connectivity index (χ2n) is 3.06. The molecule has 5 heteroatoms. The van der Waals surface area contributed by atoms with E-state index in [9.17, 15) is 0 Å². The SMILES string of the molecule is C/C=C/COc1cc(N)nc(COCC)n1. The Hall–Kier alpha value is -1.62. The molecule has 0 fully saturated rings. The molecule has 0 bridgehead atoms. The van der Waals surface area contributed by atoms with Crippen molar-refractivity contribution in [3.05, 3.63) is 24.0 Å². The van der Waals surface area contributed by atoms with E-state index in [4.69, 9.17) is 15.2 Å². The fourth-order valence-corrected chi connectivity index (χ4v) is 1.05. The van der Waals surface area contributed by atoms with Crippen LogP contribution in [0.5, 0.6) is 5.88 Å². The minimum absolute atomic E-state index is 0.349. The number of nitrogens with zero attached hydrogens (tertiary/aromatic N) is 2. The molecular weight excluding hydrogens is 206 g/mol. The lowest BCUT2D eigenvalue weighted by molar-refractivity contribution is 0.127. The summed E-state index contributed by atoms with van der Waals surface area (Å²) < 4.78 is 10.6. The average molecular weight is 223 g/mol. The summed E-state index contributed by atoms with van der Waals surface area (Å²) >= 11 is 0. The summed E-state index contributed by atoms with van der Waals surface area (Å²) in [4.78, 5) is 8.21. The Morgan fingerprint density at radius 1 is 1.44 bits per heavy atom. The highest BCUT2D eigenvalue weighted by atomic mass is 16.5. The van der Waals surface area contributed by atoms with E-state index in [2.05, 4.69) is 9.97 Å². The highest BCUT2D eigenvalue weighted by molar-refractivity contribution is 5.32. The van der Waals surface area contributed by atoms with Crippen molar-refractivity contribution in [3.8, 4) is 5.88 Å². The predicted octanol–water partition coefficient (Wildman–Crippen LogP) is 1.55. The van der Waals surface area contributed by atoms with E-state index in [0.29, 0.717) is 37.3 Å². The molecule has 5 nitrogen and oxygen atoms in total. The first kappa shape index (κ1) is 12.4. The van der Waals surface area contributed by atoms with Gasteiger partial charge in [0.15, 0.2) is 5.82 Å². The largest absolute Gasteiger partial charge is 0.473 e. The van der Waals surface area contributed by atoms with Crippen LogP contribution in [0, 0.1) is 0 Å². The summed E-state index contributed by atoms with van der Waals surface area (Å²) in [5.74, 6) is 1.40. The Balaban J connectivity index is 2.65. The summed E-state index contributed by atoms with van der Waals surface area (Å²) in [5.41, 5.74) is 5.63. The van der Waals surface area contributed by atoms with Gasteiger partial charge in [0, 0.05) is 12.7 Å². The van der Waals surface area contributed by atoms with Gasteiger partial charge in [-0.2, -0.15) is 4.98 Å². The molecule has 0 spiro atoms. The van der Waals surface area contributed by atoms with Crippen LogP contribution >= 0.6 is 0 Å². The molecule has 0 saturated carbocycles. The topological polar surface area (TPSA) is 70.3 Å². The number of aromatic nitrogens is 2. The first-order valence-corrected chi connectivity index (χ1v) is 5.21. The van der Waals surface area contributed by atoms with Gasteiger partial charge in [0.25, 0.3) is 0 Å². The van der Waals surface area contributed by atoms with E-state index in [1.54, 1.807) is 6.07 Å². The molecule has 2 N–H and O–H groups in total. The fourth-order valence-electron chi connectivity index (χ4n) is 1.05. The second kappa shape index (κ2) is 6.79. The van der Waals surface area contributed by atoms with Crippen LogP contribution in [-0.4, -0.2) is 23.2 Å². The summed E-state index contributed by atoms with van der Waals surface area (Å²) in [7, 11) is 0. The Morgan fingerprint density at radius 2 is 2.25 bits per heavy atom. The van der Waals surface area contributed by atoms with E-state index in [0.717, 1.165) is 0 Å². The lowest BCUT2D eigenvalue weighted by atomic mass is 10.5. The number of nitrogens with two attached hydrogens (primary N) is 1. The molecule has 0 aliphatic heterocycles. The predicted molar refractivity (Wildman–Crippen MR) is 62.1 cm³/mol. The zero-order valence-electron chi connectivity index (χ0n) is 9.64. The van der Waals surface area contributed by atoms with Crippen LogP contribution in [-0.2, 0) is 11.3 Å². The van der Waals surface area contributed by atoms with Gasteiger partial charge in [-0.15, -0.1) is 0 Å². The molecule has 16 heavy (non-hydrogen) atoms. The quantitative estimate of drug-likeness (QED) is 0.741. The zero-order chi connectivity index (χ0) is 11.8.